The summed E-state index contributed by atoms with van der Waals surface area (Å²) in [7, 11) is 0. The minimum atomic E-state index is 0.117. The largest absolute Gasteiger partial charge is 0.324 e. The van der Waals surface area contributed by atoms with E-state index in [0.717, 1.165) is 37.3 Å². The molecule has 2 rings (SSSR count). The molecule has 1 heterocycles. The molecule has 0 amide bonds. The van der Waals surface area contributed by atoms with Gasteiger partial charge >= 0.3 is 0 Å². The maximum Gasteiger partial charge on any atom is 0.110 e. The number of rotatable bonds is 6. The van der Waals surface area contributed by atoms with Gasteiger partial charge in [-0.2, -0.15) is 0 Å². The molecule has 0 atom stereocenters. The molecule has 1 aromatic heterocycles. The molecule has 3 heteroatoms. The molecule has 0 fully saturated rings. The van der Waals surface area contributed by atoms with Crippen molar-refractivity contribution in [2.24, 2.45) is 0 Å². The number of nitrogens with one attached hydrogen (secondary N) is 1. The minimum Gasteiger partial charge on any atom is -0.324 e. The van der Waals surface area contributed by atoms with Gasteiger partial charge in [-0.1, -0.05) is 25.6 Å². The number of benzene rings is 1. The van der Waals surface area contributed by atoms with E-state index in [1.54, 1.807) is 0 Å². The zero-order chi connectivity index (χ0) is 15.5. The molecule has 0 aliphatic rings. The van der Waals surface area contributed by atoms with E-state index in [1.165, 1.54) is 11.1 Å². The molecule has 2 aromatic rings. The second-order valence-electron chi connectivity index (χ2n) is 6.71. The van der Waals surface area contributed by atoms with E-state index in [1.807, 2.05) is 6.07 Å². The van der Waals surface area contributed by atoms with Gasteiger partial charge in [0.15, 0.2) is 0 Å². The number of fused-ring (bicyclic) bond motifs is 1. The zero-order valence-corrected chi connectivity index (χ0v) is 13.7. The van der Waals surface area contributed by atoms with Crippen molar-refractivity contribution in [3.8, 4) is 0 Å². The smallest absolute Gasteiger partial charge is 0.110 e. The summed E-state index contributed by atoms with van der Waals surface area (Å²) < 4.78 is 2.31. The Labute approximate surface area is 128 Å². The summed E-state index contributed by atoms with van der Waals surface area (Å²) >= 11 is 0. The normalized spacial score (nSPS) is 12.0. The fourth-order valence-corrected chi connectivity index (χ4v) is 2.39. The molecule has 1 N–H and O–H groups in total. The Bertz CT molecular complexity index is 617. The Kier molecular flexibility index (Phi) is 4.84. The summed E-state index contributed by atoms with van der Waals surface area (Å²) in [5.74, 6) is 1.16. The molecule has 0 unspecified atom stereocenters. The summed E-state index contributed by atoms with van der Waals surface area (Å²) in [6, 6.07) is 8.35. The summed E-state index contributed by atoms with van der Waals surface area (Å²) in [4.78, 5) is 4.77. The van der Waals surface area contributed by atoms with Gasteiger partial charge in [0.25, 0.3) is 0 Å². The standard InChI is InChI=1S/C18H27N3/c1-6-9-17-20-15-10-7-8-11-16(15)21(17)13-14(2)12-19-18(3,4)5/h7-8,10-11,19H,2,6,9,12-13H2,1,3-5H3. The maximum atomic E-state index is 4.77. The van der Waals surface area contributed by atoms with Crippen LogP contribution in [0.4, 0.5) is 0 Å². The van der Waals surface area contributed by atoms with E-state index in [4.69, 9.17) is 4.98 Å². The van der Waals surface area contributed by atoms with E-state index >= 15 is 0 Å². The SMILES string of the molecule is C=C(CNC(C)(C)C)Cn1c(CCC)nc2ccccc21. The number of imidazole rings is 1. The minimum absolute atomic E-state index is 0.117. The molecule has 21 heavy (non-hydrogen) atoms. The van der Waals surface area contributed by atoms with Crippen LogP contribution in [0, 0.1) is 0 Å². The van der Waals surface area contributed by atoms with Gasteiger partial charge < -0.3 is 9.88 Å². The van der Waals surface area contributed by atoms with Crippen LogP contribution < -0.4 is 5.32 Å². The van der Waals surface area contributed by atoms with Crippen LogP contribution in [-0.2, 0) is 13.0 Å². The first-order valence-electron chi connectivity index (χ1n) is 7.76. The average Bonchev–Trinajstić information content (AvgIpc) is 2.75. The fourth-order valence-electron chi connectivity index (χ4n) is 2.39. The number of para-hydroxylation sites is 2. The van der Waals surface area contributed by atoms with Crippen LogP contribution in [0.3, 0.4) is 0 Å². The van der Waals surface area contributed by atoms with Crippen molar-refractivity contribution in [3.05, 3.63) is 42.2 Å². The Morgan fingerprint density at radius 2 is 2.00 bits per heavy atom. The lowest BCUT2D eigenvalue weighted by atomic mass is 10.1. The number of aryl methyl sites for hydroxylation is 1. The third-order valence-corrected chi connectivity index (χ3v) is 3.46. The first-order chi connectivity index (χ1) is 9.90. The van der Waals surface area contributed by atoms with Crippen molar-refractivity contribution < 1.29 is 0 Å². The molecule has 0 spiro atoms. The third-order valence-electron chi connectivity index (χ3n) is 3.46. The van der Waals surface area contributed by atoms with Gasteiger partial charge in [-0.3, -0.25) is 0 Å². The van der Waals surface area contributed by atoms with E-state index in [9.17, 15) is 0 Å². The van der Waals surface area contributed by atoms with Crippen molar-refractivity contribution in [2.45, 2.75) is 52.6 Å². The predicted octanol–water partition coefficient (Wildman–Crippen LogP) is 3.93. The number of hydrogen-bond donors (Lipinski definition) is 1. The van der Waals surface area contributed by atoms with Crippen LogP contribution in [0.25, 0.3) is 11.0 Å². The Morgan fingerprint density at radius 3 is 2.67 bits per heavy atom. The Hall–Kier alpha value is -1.61. The van der Waals surface area contributed by atoms with Gasteiger partial charge in [-0.05, 0) is 44.9 Å². The van der Waals surface area contributed by atoms with Crippen LogP contribution in [-0.4, -0.2) is 21.6 Å². The second kappa shape index (κ2) is 6.44. The van der Waals surface area contributed by atoms with E-state index < -0.39 is 0 Å². The van der Waals surface area contributed by atoms with Gasteiger partial charge in [0, 0.05) is 25.0 Å². The van der Waals surface area contributed by atoms with E-state index in [0.29, 0.717) is 0 Å². The van der Waals surface area contributed by atoms with E-state index in [-0.39, 0.29) is 5.54 Å². The second-order valence-corrected chi connectivity index (χ2v) is 6.71. The van der Waals surface area contributed by atoms with Gasteiger partial charge in [0.05, 0.1) is 11.0 Å². The highest BCUT2D eigenvalue weighted by Gasteiger charge is 2.12. The lowest BCUT2D eigenvalue weighted by Gasteiger charge is -2.22. The summed E-state index contributed by atoms with van der Waals surface area (Å²) in [6.45, 7) is 14.6. The quantitative estimate of drug-likeness (QED) is 0.815. The molecule has 1 aromatic carbocycles. The van der Waals surface area contributed by atoms with Crippen LogP contribution in [0.2, 0.25) is 0 Å². The van der Waals surface area contributed by atoms with Crippen LogP contribution in [0.1, 0.15) is 39.9 Å². The number of hydrogen-bond acceptors (Lipinski definition) is 2. The molecule has 3 nitrogen and oxygen atoms in total. The highest BCUT2D eigenvalue weighted by Crippen LogP contribution is 2.18. The molecule has 0 bridgehead atoms. The molecule has 0 saturated heterocycles. The highest BCUT2D eigenvalue weighted by atomic mass is 15.1. The lowest BCUT2D eigenvalue weighted by molar-refractivity contribution is 0.440. The molecule has 114 valence electrons. The summed E-state index contributed by atoms with van der Waals surface area (Å²) in [5.41, 5.74) is 3.59. The average molecular weight is 285 g/mol. The van der Waals surface area contributed by atoms with Crippen molar-refractivity contribution in [1.29, 1.82) is 0 Å². The van der Waals surface area contributed by atoms with Crippen molar-refractivity contribution in [1.82, 2.24) is 14.9 Å². The third kappa shape index (κ3) is 4.18. The summed E-state index contributed by atoms with van der Waals surface area (Å²) in [5, 5.41) is 3.50. The molecule has 0 saturated carbocycles. The van der Waals surface area contributed by atoms with Crippen LogP contribution in [0.15, 0.2) is 36.4 Å². The number of nitrogens with zero attached hydrogens (tertiary/aromatic N) is 2. The molecular weight excluding hydrogens is 258 g/mol. The molecule has 0 aliphatic heterocycles. The van der Waals surface area contributed by atoms with Crippen LogP contribution in [0.5, 0.6) is 0 Å². The molecular formula is C18H27N3. The lowest BCUT2D eigenvalue weighted by Crippen LogP contribution is -2.37. The number of aromatic nitrogens is 2. The van der Waals surface area contributed by atoms with Gasteiger partial charge in [0.1, 0.15) is 5.82 Å². The highest BCUT2D eigenvalue weighted by molar-refractivity contribution is 5.76. The van der Waals surface area contributed by atoms with Crippen molar-refractivity contribution >= 4 is 11.0 Å². The maximum absolute atomic E-state index is 4.77. The summed E-state index contributed by atoms with van der Waals surface area (Å²) in [6.07, 6.45) is 2.12. The van der Waals surface area contributed by atoms with E-state index in [2.05, 4.69) is 62.4 Å². The monoisotopic (exact) mass is 285 g/mol. The van der Waals surface area contributed by atoms with Crippen LogP contribution >= 0.6 is 0 Å². The zero-order valence-electron chi connectivity index (χ0n) is 13.7. The predicted molar refractivity (Wildman–Crippen MR) is 90.6 cm³/mol. The van der Waals surface area contributed by atoms with Gasteiger partial charge in [-0.15, -0.1) is 0 Å². The first-order valence-corrected chi connectivity index (χ1v) is 7.76. The first kappa shape index (κ1) is 15.8. The molecule has 0 aliphatic carbocycles. The fraction of sp³-hybridized carbons (Fsp3) is 0.500. The Morgan fingerprint density at radius 1 is 1.29 bits per heavy atom. The van der Waals surface area contributed by atoms with Crippen molar-refractivity contribution in [3.63, 3.8) is 0 Å². The molecule has 0 radical (unpaired) electrons. The Balaban J connectivity index is 2.20. The van der Waals surface area contributed by atoms with Gasteiger partial charge in [-0.25, -0.2) is 4.98 Å². The van der Waals surface area contributed by atoms with Crippen molar-refractivity contribution in [2.75, 3.05) is 6.54 Å². The topological polar surface area (TPSA) is 29.9 Å². The van der Waals surface area contributed by atoms with Gasteiger partial charge in [0.2, 0.25) is 0 Å².